The second-order valence-corrected chi connectivity index (χ2v) is 8.69. The minimum Gasteiger partial charge on any atom is -0.465 e. The van der Waals surface area contributed by atoms with Crippen LogP contribution in [0.4, 0.5) is 5.69 Å². The van der Waals surface area contributed by atoms with E-state index in [1.807, 2.05) is 0 Å². The molecule has 0 spiro atoms. The lowest BCUT2D eigenvalue weighted by molar-refractivity contribution is -0.133. The molecule has 9 nitrogen and oxygen atoms in total. The quantitative estimate of drug-likeness (QED) is 0.671. The molecule has 1 aliphatic heterocycles. The molecule has 0 aromatic heterocycles. The number of nitrogens with zero attached hydrogens (tertiary/aromatic N) is 2. The number of methoxy groups -OCH3 is 1. The predicted octanol–water partition coefficient (Wildman–Crippen LogP) is 0.949. The number of ether oxygens (including phenoxy) is 1. The second-order valence-electron chi connectivity index (χ2n) is 6.27. The van der Waals surface area contributed by atoms with Crippen molar-refractivity contribution in [2.75, 3.05) is 44.9 Å². The Morgan fingerprint density at radius 1 is 1.14 bits per heavy atom. The molecule has 11 heteroatoms. The summed E-state index contributed by atoms with van der Waals surface area (Å²) in [5, 5.41) is 2.91. The average Bonchev–Trinajstić information content (AvgIpc) is 2.65. The summed E-state index contributed by atoms with van der Waals surface area (Å²) in [4.78, 5) is 37.8. The summed E-state index contributed by atoms with van der Waals surface area (Å²) < 4.78 is 29.0. The first-order chi connectivity index (χ1) is 13.1. The minimum atomic E-state index is -3.27. The fourth-order valence-corrected chi connectivity index (χ4v) is 3.77. The number of sulfonamides is 1. The number of rotatable bonds is 6. The van der Waals surface area contributed by atoms with Crippen LogP contribution < -0.4 is 5.32 Å². The number of esters is 1. The van der Waals surface area contributed by atoms with Gasteiger partial charge in [0.2, 0.25) is 21.8 Å². The van der Waals surface area contributed by atoms with Crippen molar-refractivity contribution in [3.8, 4) is 0 Å². The van der Waals surface area contributed by atoms with Crippen molar-refractivity contribution in [1.82, 2.24) is 9.21 Å². The van der Waals surface area contributed by atoms with Crippen LogP contribution in [0, 0.1) is 0 Å². The highest BCUT2D eigenvalue weighted by Gasteiger charge is 2.26. The van der Waals surface area contributed by atoms with E-state index in [4.69, 9.17) is 11.6 Å². The lowest BCUT2D eigenvalue weighted by Gasteiger charge is -2.33. The van der Waals surface area contributed by atoms with Crippen molar-refractivity contribution in [3.05, 3.63) is 28.8 Å². The average molecular weight is 432 g/mol. The number of hydrogen-bond acceptors (Lipinski definition) is 6. The van der Waals surface area contributed by atoms with Gasteiger partial charge in [-0.1, -0.05) is 11.6 Å². The lowest BCUT2D eigenvalue weighted by atomic mass is 10.1. The zero-order valence-electron chi connectivity index (χ0n) is 15.6. The molecule has 2 rings (SSSR count). The number of hydrogen-bond donors (Lipinski definition) is 1. The first-order valence-electron chi connectivity index (χ1n) is 8.52. The Kier molecular flexibility index (Phi) is 7.39. The van der Waals surface area contributed by atoms with Crippen LogP contribution in [0.25, 0.3) is 0 Å². The maximum Gasteiger partial charge on any atom is 0.339 e. The van der Waals surface area contributed by atoms with Crippen LogP contribution in [0.15, 0.2) is 18.2 Å². The summed E-state index contributed by atoms with van der Waals surface area (Å²) in [5.74, 6) is -1.30. The highest BCUT2D eigenvalue weighted by Crippen LogP contribution is 2.22. The number of benzene rings is 1. The van der Waals surface area contributed by atoms with E-state index in [2.05, 4.69) is 10.1 Å². The van der Waals surface area contributed by atoms with Gasteiger partial charge in [-0.3, -0.25) is 9.59 Å². The van der Waals surface area contributed by atoms with Crippen molar-refractivity contribution in [2.45, 2.75) is 12.8 Å². The van der Waals surface area contributed by atoms with Crippen molar-refractivity contribution in [2.24, 2.45) is 0 Å². The monoisotopic (exact) mass is 431 g/mol. The summed E-state index contributed by atoms with van der Waals surface area (Å²) in [6.07, 6.45) is 1.02. The highest BCUT2D eigenvalue weighted by molar-refractivity contribution is 7.88. The fourth-order valence-electron chi connectivity index (χ4n) is 2.77. The Morgan fingerprint density at radius 3 is 2.36 bits per heavy atom. The largest absolute Gasteiger partial charge is 0.465 e. The number of carbonyl (C=O) groups excluding carboxylic acids is 3. The number of anilines is 1. The molecule has 0 aliphatic carbocycles. The van der Waals surface area contributed by atoms with Gasteiger partial charge in [0.05, 0.1) is 24.6 Å². The predicted molar refractivity (Wildman–Crippen MR) is 104 cm³/mol. The Morgan fingerprint density at radius 2 is 1.79 bits per heavy atom. The summed E-state index contributed by atoms with van der Waals surface area (Å²) in [7, 11) is -2.04. The third-order valence-corrected chi connectivity index (χ3v) is 5.83. The van der Waals surface area contributed by atoms with Gasteiger partial charge in [-0.25, -0.2) is 13.2 Å². The molecule has 0 radical (unpaired) electrons. The van der Waals surface area contributed by atoms with Gasteiger partial charge in [-0.2, -0.15) is 4.31 Å². The topological polar surface area (TPSA) is 113 Å². The normalized spacial score (nSPS) is 15.2. The Bertz CT molecular complexity index is 866. The van der Waals surface area contributed by atoms with Gasteiger partial charge in [-0.05, 0) is 18.2 Å². The van der Waals surface area contributed by atoms with Crippen molar-refractivity contribution < 1.29 is 27.5 Å². The number of nitrogens with one attached hydrogen (secondary N) is 1. The summed E-state index contributed by atoms with van der Waals surface area (Å²) in [5.41, 5.74) is 0.363. The van der Waals surface area contributed by atoms with Gasteiger partial charge in [0.25, 0.3) is 0 Å². The molecule has 0 bridgehead atoms. The number of carbonyl (C=O) groups is 3. The van der Waals surface area contributed by atoms with E-state index in [-0.39, 0.29) is 56.2 Å². The van der Waals surface area contributed by atoms with Crippen molar-refractivity contribution in [3.63, 3.8) is 0 Å². The smallest absolute Gasteiger partial charge is 0.339 e. The Labute approximate surface area is 168 Å². The first-order valence-corrected chi connectivity index (χ1v) is 10.7. The molecule has 0 atom stereocenters. The second kappa shape index (κ2) is 9.35. The molecule has 28 heavy (non-hydrogen) atoms. The van der Waals surface area contributed by atoms with Crippen LogP contribution in [0.5, 0.6) is 0 Å². The lowest BCUT2D eigenvalue weighted by Crippen LogP contribution is -2.50. The molecule has 1 aliphatic rings. The zero-order valence-corrected chi connectivity index (χ0v) is 17.2. The summed E-state index contributed by atoms with van der Waals surface area (Å²) >= 11 is 5.91. The number of amides is 2. The maximum atomic E-state index is 12.3. The summed E-state index contributed by atoms with van der Waals surface area (Å²) in [6, 6.07) is 4.37. The van der Waals surface area contributed by atoms with Gasteiger partial charge >= 0.3 is 5.97 Å². The van der Waals surface area contributed by atoms with E-state index in [1.54, 1.807) is 0 Å². The van der Waals surface area contributed by atoms with Crippen molar-refractivity contribution in [1.29, 1.82) is 0 Å². The van der Waals surface area contributed by atoms with E-state index < -0.39 is 21.9 Å². The Balaban J connectivity index is 1.89. The fraction of sp³-hybridized carbons (Fsp3) is 0.471. The third kappa shape index (κ3) is 5.91. The molecular weight excluding hydrogens is 410 g/mol. The van der Waals surface area contributed by atoms with E-state index in [0.717, 1.165) is 6.26 Å². The molecule has 1 heterocycles. The number of piperazine rings is 1. The van der Waals surface area contributed by atoms with E-state index in [9.17, 15) is 22.8 Å². The van der Waals surface area contributed by atoms with Gasteiger partial charge < -0.3 is 15.0 Å². The van der Waals surface area contributed by atoms with Gasteiger partial charge in [-0.15, -0.1) is 0 Å². The zero-order chi connectivity index (χ0) is 20.9. The SMILES string of the molecule is COC(=O)c1ccc(Cl)cc1NC(=O)CCC(=O)N1CCN(S(C)(=O)=O)CC1. The molecule has 1 aromatic carbocycles. The minimum absolute atomic E-state index is 0.0289. The first kappa shape index (κ1) is 22.1. The molecule has 154 valence electrons. The molecule has 1 N–H and O–H groups in total. The highest BCUT2D eigenvalue weighted by atomic mass is 35.5. The molecular formula is C17H22ClN3O6S. The van der Waals surface area contributed by atoms with Crippen LogP contribution in [-0.2, 0) is 24.3 Å². The van der Waals surface area contributed by atoms with Gasteiger partial charge in [0.1, 0.15) is 0 Å². The van der Waals surface area contributed by atoms with Crippen LogP contribution in [0.3, 0.4) is 0 Å². The van der Waals surface area contributed by atoms with Gasteiger partial charge in [0.15, 0.2) is 0 Å². The van der Waals surface area contributed by atoms with E-state index >= 15 is 0 Å². The number of halogens is 1. The standard InChI is InChI=1S/C17H22ClN3O6S/c1-27-17(24)13-4-3-12(18)11-14(13)19-15(22)5-6-16(23)20-7-9-21(10-8-20)28(2,25)26/h3-4,11H,5-10H2,1-2H3,(H,19,22). The van der Waals surface area contributed by atoms with E-state index in [0.29, 0.717) is 5.02 Å². The molecule has 0 saturated carbocycles. The third-order valence-electron chi connectivity index (χ3n) is 4.29. The van der Waals surface area contributed by atoms with Crippen LogP contribution in [0.1, 0.15) is 23.2 Å². The molecule has 0 unspecified atom stereocenters. The molecule has 2 amide bonds. The summed E-state index contributed by atoms with van der Waals surface area (Å²) in [6.45, 7) is 1.05. The maximum absolute atomic E-state index is 12.3. The molecule has 1 fully saturated rings. The Hall–Kier alpha value is -2.17. The van der Waals surface area contributed by atoms with Gasteiger partial charge in [0, 0.05) is 44.0 Å². The van der Waals surface area contributed by atoms with Crippen LogP contribution in [-0.4, -0.2) is 75.0 Å². The van der Waals surface area contributed by atoms with Crippen LogP contribution >= 0.6 is 11.6 Å². The van der Waals surface area contributed by atoms with E-state index in [1.165, 1.54) is 34.5 Å². The van der Waals surface area contributed by atoms with Crippen LogP contribution in [0.2, 0.25) is 5.02 Å². The molecule has 1 saturated heterocycles. The van der Waals surface area contributed by atoms with Crippen molar-refractivity contribution >= 4 is 45.1 Å². The molecule has 1 aromatic rings.